The highest BCUT2D eigenvalue weighted by molar-refractivity contribution is 6.05. The molecular formula is C26H24N6O4. The maximum Gasteiger partial charge on any atom is 0.272 e. The molecule has 5 rings (SSSR count). The van der Waals surface area contributed by atoms with Gasteiger partial charge in [-0.2, -0.15) is 5.10 Å². The number of fused-ring (bicyclic) bond motifs is 2. The molecular weight excluding hydrogens is 460 g/mol. The lowest BCUT2D eigenvalue weighted by molar-refractivity contribution is -0.121. The molecule has 36 heavy (non-hydrogen) atoms. The summed E-state index contributed by atoms with van der Waals surface area (Å²) in [5, 5.41) is 10.6. The van der Waals surface area contributed by atoms with Crippen molar-refractivity contribution in [3.8, 4) is 5.75 Å². The van der Waals surface area contributed by atoms with Crippen molar-refractivity contribution in [2.45, 2.75) is 26.4 Å². The second kappa shape index (κ2) is 9.57. The van der Waals surface area contributed by atoms with Crippen LogP contribution in [0.25, 0.3) is 11.0 Å². The predicted molar refractivity (Wildman–Crippen MR) is 132 cm³/mol. The molecule has 0 atom stereocenters. The third-order valence-corrected chi connectivity index (χ3v) is 6.01. The van der Waals surface area contributed by atoms with Gasteiger partial charge < -0.3 is 15.4 Å². The molecule has 10 nitrogen and oxygen atoms in total. The number of ketones is 2. The van der Waals surface area contributed by atoms with Gasteiger partial charge in [0, 0.05) is 37.7 Å². The molecule has 1 amide bonds. The number of Topliss-reactive ketones (excluding diaryl/α,β-unsaturated/α-hetero) is 2. The Morgan fingerprint density at radius 1 is 1.06 bits per heavy atom. The Hall–Kier alpha value is -4.60. The van der Waals surface area contributed by atoms with Crippen LogP contribution in [-0.4, -0.2) is 43.8 Å². The first-order valence-corrected chi connectivity index (χ1v) is 11.4. The fourth-order valence-electron chi connectivity index (χ4n) is 4.14. The normalized spacial score (nSPS) is 12.7. The fourth-order valence-corrected chi connectivity index (χ4v) is 4.14. The van der Waals surface area contributed by atoms with Crippen LogP contribution < -0.4 is 15.4 Å². The molecule has 0 fully saturated rings. The number of carbonyl (C=O) groups excluding carboxylic acids is 3. The Kier molecular flexibility index (Phi) is 6.16. The van der Waals surface area contributed by atoms with Gasteiger partial charge in [-0.1, -0.05) is 30.3 Å². The summed E-state index contributed by atoms with van der Waals surface area (Å²) in [6.07, 6.45) is 1.67. The summed E-state index contributed by atoms with van der Waals surface area (Å²) >= 11 is 0. The van der Waals surface area contributed by atoms with Gasteiger partial charge in [0.2, 0.25) is 0 Å². The van der Waals surface area contributed by atoms with Crippen molar-refractivity contribution in [2.24, 2.45) is 7.05 Å². The molecule has 0 bridgehead atoms. The Balaban J connectivity index is 1.31. The van der Waals surface area contributed by atoms with Crippen LogP contribution in [0.15, 0.2) is 48.8 Å². The van der Waals surface area contributed by atoms with Crippen LogP contribution in [0, 0.1) is 0 Å². The van der Waals surface area contributed by atoms with Crippen LogP contribution in [0.2, 0.25) is 0 Å². The number of anilines is 1. The van der Waals surface area contributed by atoms with E-state index in [0.29, 0.717) is 41.1 Å². The van der Waals surface area contributed by atoms with E-state index in [2.05, 4.69) is 25.7 Å². The van der Waals surface area contributed by atoms with E-state index in [-0.39, 0.29) is 36.3 Å². The van der Waals surface area contributed by atoms with Gasteiger partial charge in [0.15, 0.2) is 23.1 Å². The van der Waals surface area contributed by atoms with Crippen LogP contribution in [0.5, 0.6) is 5.75 Å². The minimum absolute atomic E-state index is 0.0171. The molecule has 0 radical (unpaired) electrons. The van der Waals surface area contributed by atoms with Crippen molar-refractivity contribution in [1.29, 1.82) is 0 Å². The van der Waals surface area contributed by atoms with Crippen LogP contribution in [0.1, 0.15) is 44.5 Å². The number of carbonyl (C=O) groups is 3. The van der Waals surface area contributed by atoms with Crippen LogP contribution in [0.4, 0.5) is 5.82 Å². The third kappa shape index (κ3) is 4.65. The van der Waals surface area contributed by atoms with Gasteiger partial charge in [-0.25, -0.2) is 9.97 Å². The highest BCUT2D eigenvalue weighted by Crippen LogP contribution is 2.25. The number of nitrogens with zero attached hydrogens (tertiary/aromatic N) is 4. The SMILES string of the molecule is CC(=O)c1ccc(CNc2nn(C)c3c(C(=O)NCc4ccc5c(c4)CC(=O)CO5)ncnc23)cc1. The molecule has 10 heteroatoms. The van der Waals surface area contributed by atoms with Gasteiger partial charge in [0.25, 0.3) is 5.91 Å². The molecule has 3 heterocycles. The standard InChI is InChI=1S/C26H24N6O4/c1-15(33)18-6-3-16(4-7-18)11-27-25-22-24(32(2)31-25)23(30-14-29-22)26(35)28-12-17-5-8-21-19(9-17)10-20(34)13-36-21/h3-9,14H,10-13H2,1-2H3,(H,27,31)(H,28,35). The van der Waals surface area contributed by atoms with Gasteiger partial charge in [-0.05, 0) is 30.2 Å². The number of rotatable bonds is 7. The number of aromatic nitrogens is 4. The first kappa shape index (κ1) is 23.2. The summed E-state index contributed by atoms with van der Waals surface area (Å²) in [4.78, 5) is 44.7. The molecule has 2 aromatic carbocycles. The Morgan fingerprint density at radius 2 is 1.83 bits per heavy atom. The molecule has 1 aliphatic heterocycles. The number of amides is 1. The van der Waals surface area contributed by atoms with Crippen molar-refractivity contribution >= 4 is 34.3 Å². The van der Waals surface area contributed by atoms with Crippen molar-refractivity contribution in [2.75, 3.05) is 11.9 Å². The molecule has 0 saturated heterocycles. The summed E-state index contributed by atoms with van der Waals surface area (Å²) in [7, 11) is 1.73. The minimum atomic E-state index is -0.359. The average Bonchev–Trinajstić information content (AvgIpc) is 3.21. The average molecular weight is 485 g/mol. The van der Waals surface area contributed by atoms with Crippen LogP contribution >= 0.6 is 0 Å². The smallest absolute Gasteiger partial charge is 0.272 e. The summed E-state index contributed by atoms with van der Waals surface area (Å²) < 4.78 is 7.01. The molecule has 0 saturated carbocycles. The van der Waals surface area contributed by atoms with Crippen molar-refractivity contribution in [3.63, 3.8) is 0 Å². The number of nitrogens with one attached hydrogen (secondary N) is 2. The second-order valence-corrected chi connectivity index (χ2v) is 8.63. The molecule has 0 unspecified atom stereocenters. The van der Waals surface area contributed by atoms with E-state index < -0.39 is 0 Å². The maximum absolute atomic E-state index is 13.0. The fraction of sp³-hybridized carbons (Fsp3) is 0.231. The van der Waals surface area contributed by atoms with Crippen molar-refractivity contribution in [3.05, 3.63) is 76.7 Å². The number of benzene rings is 2. The molecule has 4 aromatic rings. The van der Waals surface area contributed by atoms with E-state index in [1.54, 1.807) is 23.9 Å². The van der Waals surface area contributed by atoms with E-state index >= 15 is 0 Å². The Bertz CT molecular complexity index is 1490. The quantitative estimate of drug-likeness (QED) is 0.383. The van der Waals surface area contributed by atoms with E-state index in [1.807, 2.05) is 30.3 Å². The van der Waals surface area contributed by atoms with Gasteiger partial charge in [0.05, 0.1) is 0 Å². The number of ether oxygens (including phenoxy) is 1. The number of aryl methyl sites for hydroxylation is 1. The number of hydrogen-bond donors (Lipinski definition) is 2. The highest BCUT2D eigenvalue weighted by Gasteiger charge is 2.20. The van der Waals surface area contributed by atoms with Crippen molar-refractivity contribution in [1.82, 2.24) is 25.1 Å². The van der Waals surface area contributed by atoms with E-state index in [0.717, 1.165) is 16.7 Å². The van der Waals surface area contributed by atoms with Gasteiger partial charge >= 0.3 is 0 Å². The Labute approximate surface area is 206 Å². The van der Waals surface area contributed by atoms with Crippen LogP contribution in [-0.2, 0) is 31.4 Å². The lowest BCUT2D eigenvalue weighted by Gasteiger charge is -2.17. The first-order chi connectivity index (χ1) is 17.4. The minimum Gasteiger partial charge on any atom is -0.486 e. The summed E-state index contributed by atoms with van der Waals surface area (Å²) in [6.45, 7) is 2.37. The third-order valence-electron chi connectivity index (χ3n) is 6.01. The Morgan fingerprint density at radius 3 is 2.61 bits per heavy atom. The van der Waals surface area contributed by atoms with Crippen LogP contribution in [0.3, 0.4) is 0 Å². The van der Waals surface area contributed by atoms with Crippen molar-refractivity contribution < 1.29 is 19.1 Å². The maximum atomic E-state index is 13.0. The van der Waals surface area contributed by atoms with E-state index in [4.69, 9.17) is 4.74 Å². The first-order valence-electron chi connectivity index (χ1n) is 11.4. The molecule has 2 aromatic heterocycles. The predicted octanol–water partition coefficient (Wildman–Crippen LogP) is 2.61. The molecule has 1 aliphatic rings. The monoisotopic (exact) mass is 484 g/mol. The largest absolute Gasteiger partial charge is 0.486 e. The molecule has 2 N–H and O–H groups in total. The zero-order valence-electron chi connectivity index (χ0n) is 19.9. The van der Waals surface area contributed by atoms with Gasteiger partial charge in [-0.3, -0.25) is 19.1 Å². The van der Waals surface area contributed by atoms with Gasteiger partial charge in [-0.15, -0.1) is 0 Å². The lowest BCUT2D eigenvalue weighted by Crippen LogP contribution is -2.25. The molecule has 0 aliphatic carbocycles. The van der Waals surface area contributed by atoms with Gasteiger partial charge in [0.1, 0.15) is 29.7 Å². The zero-order chi connectivity index (χ0) is 25.2. The topological polar surface area (TPSA) is 128 Å². The van der Waals surface area contributed by atoms with E-state index in [9.17, 15) is 14.4 Å². The summed E-state index contributed by atoms with van der Waals surface area (Å²) in [6, 6.07) is 12.9. The molecule has 182 valence electrons. The second-order valence-electron chi connectivity index (χ2n) is 8.63. The molecule has 0 spiro atoms. The van der Waals surface area contributed by atoms with E-state index in [1.165, 1.54) is 13.3 Å². The lowest BCUT2D eigenvalue weighted by atomic mass is 10.0. The zero-order valence-corrected chi connectivity index (χ0v) is 19.9. The summed E-state index contributed by atoms with van der Waals surface area (Å²) in [5.41, 5.74) is 4.56. The number of hydrogen-bond acceptors (Lipinski definition) is 8. The highest BCUT2D eigenvalue weighted by atomic mass is 16.5. The summed E-state index contributed by atoms with van der Waals surface area (Å²) in [5.74, 6) is 0.914.